The van der Waals surface area contributed by atoms with E-state index in [4.69, 9.17) is 0 Å². The van der Waals surface area contributed by atoms with E-state index >= 15 is 0 Å². The third-order valence-electron chi connectivity index (χ3n) is 2.49. The first-order chi connectivity index (χ1) is 8.58. The summed E-state index contributed by atoms with van der Waals surface area (Å²) < 4.78 is 14.7. The number of nitrogens with one attached hydrogen (secondary N) is 1. The standard InChI is InChI=1S/C13H14FN3O/c1-9(2)17-12(6-7-15-17)16-13(18)10-4-3-5-11(14)8-10/h3-9H,1-2H3,(H,16,18). The molecule has 0 aliphatic carbocycles. The van der Waals surface area contributed by atoms with Crippen LogP contribution in [0.4, 0.5) is 10.2 Å². The minimum Gasteiger partial charge on any atom is -0.307 e. The van der Waals surface area contributed by atoms with Gasteiger partial charge in [-0.15, -0.1) is 0 Å². The lowest BCUT2D eigenvalue weighted by molar-refractivity contribution is 0.102. The van der Waals surface area contributed by atoms with Crippen molar-refractivity contribution in [3.05, 3.63) is 47.9 Å². The van der Waals surface area contributed by atoms with Crippen LogP contribution in [0.5, 0.6) is 0 Å². The van der Waals surface area contributed by atoms with Gasteiger partial charge in [0.15, 0.2) is 0 Å². The second-order valence-corrected chi connectivity index (χ2v) is 4.22. The summed E-state index contributed by atoms with van der Waals surface area (Å²) >= 11 is 0. The van der Waals surface area contributed by atoms with Crippen molar-refractivity contribution in [3.63, 3.8) is 0 Å². The number of nitrogens with zero attached hydrogens (tertiary/aromatic N) is 2. The maximum absolute atomic E-state index is 13.0. The van der Waals surface area contributed by atoms with E-state index < -0.39 is 5.82 Å². The highest BCUT2D eigenvalue weighted by Gasteiger charge is 2.11. The molecular weight excluding hydrogens is 233 g/mol. The Morgan fingerprint density at radius 2 is 2.17 bits per heavy atom. The Morgan fingerprint density at radius 1 is 1.39 bits per heavy atom. The summed E-state index contributed by atoms with van der Waals surface area (Å²) in [4.78, 5) is 11.9. The van der Waals surface area contributed by atoms with Crippen molar-refractivity contribution in [2.75, 3.05) is 5.32 Å². The van der Waals surface area contributed by atoms with E-state index in [0.29, 0.717) is 5.82 Å². The smallest absolute Gasteiger partial charge is 0.256 e. The minimum absolute atomic E-state index is 0.141. The number of carbonyl (C=O) groups is 1. The number of rotatable bonds is 3. The Bertz CT molecular complexity index is 563. The number of amides is 1. The molecule has 18 heavy (non-hydrogen) atoms. The maximum atomic E-state index is 13.0. The van der Waals surface area contributed by atoms with Gasteiger partial charge >= 0.3 is 0 Å². The van der Waals surface area contributed by atoms with Crippen LogP contribution < -0.4 is 5.32 Å². The molecule has 1 aromatic heterocycles. The van der Waals surface area contributed by atoms with E-state index in [1.807, 2.05) is 13.8 Å². The zero-order valence-corrected chi connectivity index (χ0v) is 10.2. The zero-order valence-electron chi connectivity index (χ0n) is 10.2. The number of hydrogen-bond acceptors (Lipinski definition) is 2. The molecule has 0 saturated carbocycles. The van der Waals surface area contributed by atoms with Gasteiger partial charge in [-0.05, 0) is 32.0 Å². The van der Waals surface area contributed by atoms with Gasteiger partial charge in [0.25, 0.3) is 5.91 Å². The summed E-state index contributed by atoms with van der Waals surface area (Å²) in [5, 5.41) is 6.82. The predicted molar refractivity (Wildman–Crippen MR) is 67.0 cm³/mol. The van der Waals surface area contributed by atoms with Crippen molar-refractivity contribution in [3.8, 4) is 0 Å². The van der Waals surface area contributed by atoms with Crippen LogP contribution >= 0.6 is 0 Å². The fourth-order valence-corrected chi connectivity index (χ4v) is 1.64. The normalized spacial score (nSPS) is 10.7. The molecule has 0 saturated heterocycles. The summed E-state index contributed by atoms with van der Waals surface area (Å²) in [6.45, 7) is 3.93. The monoisotopic (exact) mass is 247 g/mol. The molecule has 2 rings (SSSR count). The maximum Gasteiger partial charge on any atom is 0.256 e. The van der Waals surface area contributed by atoms with Crippen LogP contribution in [0.2, 0.25) is 0 Å². The molecule has 2 aromatic rings. The Balaban J connectivity index is 2.19. The highest BCUT2D eigenvalue weighted by Crippen LogP contribution is 2.14. The quantitative estimate of drug-likeness (QED) is 0.906. The SMILES string of the molecule is CC(C)n1nccc1NC(=O)c1cccc(F)c1. The van der Waals surface area contributed by atoms with Gasteiger partial charge in [-0.3, -0.25) is 4.79 Å². The summed E-state index contributed by atoms with van der Waals surface area (Å²) in [6.07, 6.45) is 1.61. The van der Waals surface area contributed by atoms with Crippen LogP contribution in [0.3, 0.4) is 0 Å². The second kappa shape index (κ2) is 5.00. The molecule has 1 amide bonds. The average Bonchev–Trinajstić information content (AvgIpc) is 2.77. The number of aromatic nitrogens is 2. The Morgan fingerprint density at radius 3 is 2.83 bits per heavy atom. The third-order valence-corrected chi connectivity index (χ3v) is 2.49. The molecule has 0 unspecified atom stereocenters. The first kappa shape index (κ1) is 12.3. The summed E-state index contributed by atoms with van der Waals surface area (Å²) in [6, 6.07) is 7.42. The lowest BCUT2D eigenvalue weighted by Crippen LogP contribution is -2.16. The Kier molecular flexibility index (Phi) is 3.41. The first-order valence-corrected chi connectivity index (χ1v) is 5.68. The first-order valence-electron chi connectivity index (χ1n) is 5.68. The van der Waals surface area contributed by atoms with Gasteiger partial charge in [0.1, 0.15) is 11.6 Å². The van der Waals surface area contributed by atoms with Gasteiger partial charge in [-0.1, -0.05) is 6.07 Å². The van der Waals surface area contributed by atoms with Gasteiger partial charge in [-0.25, -0.2) is 9.07 Å². The molecule has 4 nitrogen and oxygen atoms in total. The predicted octanol–water partition coefficient (Wildman–Crippen LogP) is 2.86. The van der Waals surface area contributed by atoms with E-state index in [1.54, 1.807) is 23.0 Å². The summed E-state index contributed by atoms with van der Waals surface area (Å²) in [7, 11) is 0. The molecule has 0 fully saturated rings. The van der Waals surface area contributed by atoms with Crippen molar-refractivity contribution in [2.24, 2.45) is 0 Å². The number of benzene rings is 1. The fourth-order valence-electron chi connectivity index (χ4n) is 1.64. The molecule has 0 spiro atoms. The Labute approximate surface area is 104 Å². The zero-order chi connectivity index (χ0) is 13.1. The lowest BCUT2D eigenvalue weighted by atomic mass is 10.2. The largest absolute Gasteiger partial charge is 0.307 e. The molecule has 0 aliphatic rings. The second-order valence-electron chi connectivity index (χ2n) is 4.22. The van der Waals surface area contributed by atoms with Gasteiger partial charge in [0.2, 0.25) is 0 Å². The van der Waals surface area contributed by atoms with Crippen molar-refractivity contribution >= 4 is 11.7 Å². The topological polar surface area (TPSA) is 46.9 Å². The minimum atomic E-state index is -0.431. The number of hydrogen-bond donors (Lipinski definition) is 1. The molecule has 0 aliphatic heterocycles. The molecular formula is C13H14FN3O. The number of anilines is 1. The van der Waals surface area contributed by atoms with Gasteiger partial charge in [0, 0.05) is 17.7 Å². The van der Waals surface area contributed by atoms with E-state index in [1.165, 1.54) is 18.2 Å². The van der Waals surface area contributed by atoms with E-state index in [2.05, 4.69) is 10.4 Å². The highest BCUT2D eigenvalue weighted by atomic mass is 19.1. The molecule has 94 valence electrons. The molecule has 5 heteroatoms. The van der Waals surface area contributed by atoms with E-state index in [-0.39, 0.29) is 17.5 Å². The van der Waals surface area contributed by atoms with Crippen LogP contribution in [0.1, 0.15) is 30.2 Å². The fraction of sp³-hybridized carbons (Fsp3) is 0.231. The van der Waals surface area contributed by atoms with Crippen molar-refractivity contribution in [1.29, 1.82) is 0 Å². The van der Waals surface area contributed by atoms with Gasteiger partial charge < -0.3 is 5.32 Å². The molecule has 1 N–H and O–H groups in total. The molecule has 0 bridgehead atoms. The summed E-state index contributed by atoms with van der Waals surface area (Å²) in [5.74, 6) is -0.184. The van der Waals surface area contributed by atoms with Crippen molar-refractivity contribution < 1.29 is 9.18 Å². The van der Waals surface area contributed by atoms with Gasteiger partial charge in [-0.2, -0.15) is 5.10 Å². The van der Waals surface area contributed by atoms with Gasteiger partial charge in [0.05, 0.1) is 6.20 Å². The van der Waals surface area contributed by atoms with Crippen LogP contribution in [-0.4, -0.2) is 15.7 Å². The Hall–Kier alpha value is -2.17. The molecule has 1 aromatic carbocycles. The van der Waals surface area contributed by atoms with Crippen LogP contribution in [0.25, 0.3) is 0 Å². The summed E-state index contributed by atoms with van der Waals surface area (Å²) in [5.41, 5.74) is 0.284. The van der Waals surface area contributed by atoms with Crippen molar-refractivity contribution in [2.45, 2.75) is 19.9 Å². The van der Waals surface area contributed by atoms with Crippen molar-refractivity contribution in [1.82, 2.24) is 9.78 Å². The number of carbonyl (C=O) groups excluding carboxylic acids is 1. The van der Waals surface area contributed by atoms with E-state index in [0.717, 1.165) is 0 Å². The number of halogens is 1. The van der Waals surface area contributed by atoms with Crippen LogP contribution in [-0.2, 0) is 0 Å². The third kappa shape index (κ3) is 2.56. The molecule has 0 radical (unpaired) electrons. The molecule has 1 heterocycles. The van der Waals surface area contributed by atoms with Crippen LogP contribution in [0, 0.1) is 5.82 Å². The van der Waals surface area contributed by atoms with E-state index in [9.17, 15) is 9.18 Å². The lowest BCUT2D eigenvalue weighted by Gasteiger charge is -2.11. The molecule has 0 atom stereocenters. The highest BCUT2D eigenvalue weighted by molar-refractivity contribution is 6.03. The van der Waals surface area contributed by atoms with Crippen LogP contribution in [0.15, 0.2) is 36.5 Å². The average molecular weight is 247 g/mol.